The second-order valence-electron chi connectivity index (χ2n) is 6.50. The topological polar surface area (TPSA) is 56.8 Å². The number of benzene rings is 1. The van der Waals surface area contributed by atoms with Crippen LogP contribution < -0.4 is 14.8 Å². The third-order valence-electron chi connectivity index (χ3n) is 4.53. The Bertz CT molecular complexity index is 546. The fourth-order valence-corrected chi connectivity index (χ4v) is 2.94. The molecule has 0 saturated heterocycles. The summed E-state index contributed by atoms with van der Waals surface area (Å²) in [7, 11) is 1.46. The summed E-state index contributed by atoms with van der Waals surface area (Å²) in [5.41, 5.74) is 1.20. The highest BCUT2D eigenvalue weighted by Gasteiger charge is 2.36. The van der Waals surface area contributed by atoms with Crippen molar-refractivity contribution in [2.24, 2.45) is 5.92 Å². The highest BCUT2D eigenvalue weighted by molar-refractivity contribution is 5.74. The van der Waals surface area contributed by atoms with Crippen LogP contribution in [0.3, 0.4) is 0 Å². The Morgan fingerprint density at radius 2 is 1.84 bits per heavy atom. The first-order valence-electron chi connectivity index (χ1n) is 9.39. The molecule has 0 aliphatic heterocycles. The maximum atomic E-state index is 11.6. The predicted octanol–water partition coefficient (Wildman–Crippen LogP) is 3.35. The highest BCUT2D eigenvalue weighted by atomic mass is 16.5. The standard InChI is InChI=1S/C20H31NO4/c1-4-12-24-18-9-6-15(14-19(18)25-13-5-2)10-11-21-17-8-7-16(17)20(22)23-3/h6,9,14,16-17,21H,4-5,7-8,10-13H2,1-3H3. The van der Waals surface area contributed by atoms with Crippen LogP contribution in [0.5, 0.6) is 11.5 Å². The van der Waals surface area contributed by atoms with E-state index in [9.17, 15) is 4.79 Å². The van der Waals surface area contributed by atoms with E-state index in [4.69, 9.17) is 14.2 Å². The molecule has 5 nitrogen and oxygen atoms in total. The van der Waals surface area contributed by atoms with Gasteiger partial charge >= 0.3 is 5.97 Å². The molecule has 0 amide bonds. The van der Waals surface area contributed by atoms with Gasteiger partial charge in [-0.3, -0.25) is 4.79 Å². The molecule has 2 atom stereocenters. The van der Waals surface area contributed by atoms with E-state index in [0.717, 1.165) is 50.1 Å². The number of carbonyl (C=O) groups excluding carboxylic acids is 1. The van der Waals surface area contributed by atoms with Crippen LogP contribution in [0.15, 0.2) is 18.2 Å². The first-order valence-corrected chi connectivity index (χ1v) is 9.39. The lowest BCUT2D eigenvalue weighted by atomic mass is 9.79. The van der Waals surface area contributed by atoms with Crippen molar-refractivity contribution in [1.29, 1.82) is 0 Å². The van der Waals surface area contributed by atoms with E-state index < -0.39 is 0 Å². The monoisotopic (exact) mass is 349 g/mol. The van der Waals surface area contributed by atoms with E-state index in [1.807, 2.05) is 6.07 Å². The number of ether oxygens (including phenoxy) is 3. The lowest BCUT2D eigenvalue weighted by Crippen LogP contribution is -2.48. The average molecular weight is 349 g/mol. The first kappa shape index (κ1) is 19.6. The van der Waals surface area contributed by atoms with Crippen molar-refractivity contribution in [3.63, 3.8) is 0 Å². The maximum absolute atomic E-state index is 11.6. The molecule has 0 heterocycles. The summed E-state index contributed by atoms with van der Waals surface area (Å²) in [6.45, 7) is 6.40. The summed E-state index contributed by atoms with van der Waals surface area (Å²) in [4.78, 5) is 11.6. The van der Waals surface area contributed by atoms with Gasteiger partial charge < -0.3 is 19.5 Å². The summed E-state index contributed by atoms with van der Waals surface area (Å²) < 4.78 is 16.4. The van der Waals surface area contributed by atoms with Crippen molar-refractivity contribution in [2.45, 2.75) is 52.0 Å². The Labute approximate surface area is 151 Å². The molecule has 0 aromatic heterocycles. The van der Waals surface area contributed by atoms with Gasteiger partial charge in [0.25, 0.3) is 0 Å². The summed E-state index contributed by atoms with van der Waals surface area (Å²) in [6.07, 6.45) is 4.79. The molecule has 1 N–H and O–H groups in total. The van der Waals surface area contributed by atoms with Gasteiger partial charge in [0.1, 0.15) is 0 Å². The van der Waals surface area contributed by atoms with Crippen LogP contribution in [-0.2, 0) is 16.0 Å². The van der Waals surface area contributed by atoms with Crippen molar-refractivity contribution < 1.29 is 19.0 Å². The molecular weight excluding hydrogens is 318 g/mol. The van der Waals surface area contributed by atoms with Gasteiger partial charge in [-0.05, 0) is 56.3 Å². The minimum absolute atomic E-state index is 0.0123. The van der Waals surface area contributed by atoms with Gasteiger partial charge in [0.05, 0.1) is 26.2 Å². The number of hydrogen-bond donors (Lipinski definition) is 1. The molecule has 140 valence electrons. The van der Waals surface area contributed by atoms with E-state index in [2.05, 4.69) is 31.3 Å². The number of esters is 1. The van der Waals surface area contributed by atoms with Crippen LogP contribution in [0, 0.1) is 5.92 Å². The highest BCUT2D eigenvalue weighted by Crippen LogP contribution is 2.30. The Morgan fingerprint density at radius 3 is 2.44 bits per heavy atom. The molecule has 1 aromatic rings. The first-order chi connectivity index (χ1) is 12.2. The van der Waals surface area contributed by atoms with Crippen LogP contribution in [0.1, 0.15) is 45.1 Å². The minimum Gasteiger partial charge on any atom is -0.490 e. The smallest absolute Gasteiger partial charge is 0.310 e. The molecule has 1 saturated carbocycles. The number of rotatable bonds is 11. The molecule has 1 fully saturated rings. The molecule has 5 heteroatoms. The van der Waals surface area contributed by atoms with Gasteiger partial charge in [0.2, 0.25) is 0 Å². The van der Waals surface area contributed by atoms with E-state index in [1.165, 1.54) is 12.7 Å². The van der Waals surface area contributed by atoms with Crippen LogP contribution in [0.25, 0.3) is 0 Å². The van der Waals surface area contributed by atoms with Crippen molar-refractivity contribution in [3.05, 3.63) is 23.8 Å². The molecule has 25 heavy (non-hydrogen) atoms. The predicted molar refractivity (Wildman–Crippen MR) is 98.2 cm³/mol. The third kappa shape index (κ3) is 5.63. The van der Waals surface area contributed by atoms with Crippen LogP contribution >= 0.6 is 0 Å². The zero-order valence-electron chi connectivity index (χ0n) is 15.7. The van der Waals surface area contributed by atoms with Gasteiger partial charge in [0, 0.05) is 6.04 Å². The molecule has 0 spiro atoms. The Kier molecular flexibility index (Phi) is 8.06. The molecule has 2 rings (SSSR count). The van der Waals surface area contributed by atoms with Gasteiger partial charge in [0.15, 0.2) is 11.5 Å². The maximum Gasteiger partial charge on any atom is 0.310 e. The Balaban J connectivity index is 1.87. The van der Waals surface area contributed by atoms with Gasteiger partial charge in [-0.1, -0.05) is 19.9 Å². The molecule has 2 unspecified atom stereocenters. The Morgan fingerprint density at radius 1 is 1.12 bits per heavy atom. The van der Waals surface area contributed by atoms with Crippen LogP contribution in [-0.4, -0.2) is 38.9 Å². The van der Waals surface area contributed by atoms with Crippen molar-refractivity contribution in [1.82, 2.24) is 5.32 Å². The molecule has 1 aliphatic carbocycles. The quantitative estimate of drug-likeness (QED) is 0.621. The van der Waals surface area contributed by atoms with E-state index >= 15 is 0 Å². The molecule has 1 aromatic carbocycles. The second kappa shape index (κ2) is 10.3. The number of hydrogen-bond acceptors (Lipinski definition) is 5. The van der Waals surface area contributed by atoms with Gasteiger partial charge in [-0.15, -0.1) is 0 Å². The number of methoxy groups -OCH3 is 1. The van der Waals surface area contributed by atoms with Crippen LogP contribution in [0.4, 0.5) is 0 Å². The molecule has 0 radical (unpaired) electrons. The van der Waals surface area contributed by atoms with Gasteiger partial charge in [-0.25, -0.2) is 0 Å². The Hall–Kier alpha value is -1.75. The molecule has 0 bridgehead atoms. The third-order valence-corrected chi connectivity index (χ3v) is 4.53. The normalized spacial score (nSPS) is 19.2. The summed E-state index contributed by atoms with van der Waals surface area (Å²) in [5.74, 6) is 1.55. The van der Waals surface area contributed by atoms with Crippen molar-refractivity contribution in [3.8, 4) is 11.5 Å². The minimum atomic E-state index is -0.101. The lowest BCUT2D eigenvalue weighted by Gasteiger charge is -2.35. The van der Waals surface area contributed by atoms with E-state index in [-0.39, 0.29) is 17.9 Å². The largest absolute Gasteiger partial charge is 0.490 e. The fraction of sp³-hybridized carbons (Fsp3) is 0.650. The summed E-state index contributed by atoms with van der Waals surface area (Å²) in [6, 6.07) is 6.40. The average Bonchev–Trinajstić information content (AvgIpc) is 2.61. The fourth-order valence-electron chi connectivity index (χ4n) is 2.94. The molecule has 1 aliphatic rings. The van der Waals surface area contributed by atoms with Gasteiger partial charge in [-0.2, -0.15) is 0 Å². The second-order valence-corrected chi connectivity index (χ2v) is 6.50. The SMILES string of the molecule is CCCOc1ccc(CCNC2CCC2C(=O)OC)cc1OCCC. The lowest BCUT2D eigenvalue weighted by molar-refractivity contribution is -0.149. The van der Waals surface area contributed by atoms with E-state index in [0.29, 0.717) is 13.2 Å². The zero-order valence-corrected chi connectivity index (χ0v) is 15.7. The van der Waals surface area contributed by atoms with E-state index in [1.54, 1.807) is 0 Å². The van der Waals surface area contributed by atoms with Crippen LogP contribution in [0.2, 0.25) is 0 Å². The number of nitrogens with one attached hydrogen (secondary N) is 1. The summed E-state index contributed by atoms with van der Waals surface area (Å²) >= 11 is 0. The summed E-state index contributed by atoms with van der Waals surface area (Å²) in [5, 5.41) is 3.47. The van der Waals surface area contributed by atoms with Crippen molar-refractivity contribution >= 4 is 5.97 Å². The molecular formula is C20H31NO4. The van der Waals surface area contributed by atoms with Crippen molar-refractivity contribution in [2.75, 3.05) is 26.9 Å². The zero-order chi connectivity index (χ0) is 18.1. The number of carbonyl (C=O) groups is 1.